The van der Waals surface area contributed by atoms with Crippen molar-refractivity contribution < 1.29 is 0 Å². The number of H-pyrrole nitrogens is 1. The largest absolute Gasteiger partial charge is 0.345 e. The van der Waals surface area contributed by atoms with Gasteiger partial charge >= 0.3 is 0 Å². The zero-order chi connectivity index (χ0) is 18.5. The highest BCUT2D eigenvalue weighted by Crippen LogP contribution is 2.43. The van der Waals surface area contributed by atoms with E-state index in [1.165, 1.54) is 0 Å². The van der Waals surface area contributed by atoms with Crippen LogP contribution < -0.4 is 5.32 Å². The molecule has 1 aliphatic rings. The van der Waals surface area contributed by atoms with Crippen LogP contribution in [0.5, 0.6) is 0 Å². The first-order valence-corrected chi connectivity index (χ1v) is 8.47. The lowest BCUT2D eigenvalue weighted by atomic mass is 10.1. The van der Waals surface area contributed by atoms with Crippen LogP contribution in [0.4, 0.5) is 11.6 Å². The van der Waals surface area contributed by atoms with Crippen molar-refractivity contribution in [3.05, 3.63) is 29.3 Å². The van der Waals surface area contributed by atoms with E-state index in [1.807, 2.05) is 6.92 Å². The van der Waals surface area contributed by atoms with Gasteiger partial charge in [0.25, 0.3) is 0 Å². The van der Waals surface area contributed by atoms with Crippen molar-refractivity contribution >= 4 is 22.7 Å². The number of rotatable bonds is 4. The Kier molecular flexibility index (Phi) is 3.45. The number of hydrogen-bond donors (Lipinski definition) is 2. The first-order valence-electron chi connectivity index (χ1n) is 8.47. The molecule has 8 heteroatoms. The molecule has 1 aliphatic carbocycles. The van der Waals surface area contributed by atoms with Gasteiger partial charge in [0.2, 0.25) is 5.95 Å². The van der Waals surface area contributed by atoms with E-state index in [2.05, 4.69) is 37.5 Å². The van der Waals surface area contributed by atoms with Gasteiger partial charge in [-0.3, -0.25) is 4.68 Å². The Balaban J connectivity index is 1.75. The number of nitrogens with zero attached hydrogens (tertiary/aromatic N) is 6. The molecule has 8 nitrogen and oxygen atoms in total. The minimum atomic E-state index is -0.740. The zero-order valence-corrected chi connectivity index (χ0v) is 14.8. The molecule has 1 saturated carbocycles. The third-order valence-corrected chi connectivity index (χ3v) is 4.64. The van der Waals surface area contributed by atoms with Crippen molar-refractivity contribution in [2.75, 3.05) is 5.32 Å². The van der Waals surface area contributed by atoms with Crippen molar-refractivity contribution in [1.29, 1.82) is 10.5 Å². The van der Waals surface area contributed by atoms with Crippen molar-refractivity contribution in [3.8, 4) is 12.1 Å². The van der Waals surface area contributed by atoms with Gasteiger partial charge in [0, 0.05) is 12.1 Å². The molecule has 1 fully saturated rings. The van der Waals surface area contributed by atoms with Crippen LogP contribution in [-0.4, -0.2) is 24.7 Å². The fraction of sp³-hybridized carbons (Fsp3) is 0.389. The molecule has 0 saturated heterocycles. The monoisotopic (exact) mass is 346 g/mol. The van der Waals surface area contributed by atoms with E-state index >= 15 is 0 Å². The lowest BCUT2D eigenvalue weighted by Gasteiger charge is -2.15. The third kappa shape index (κ3) is 2.56. The van der Waals surface area contributed by atoms with Crippen LogP contribution in [0.2, 0.25) is 0 Å². The van der Waals surface area contributed by atoms with Crippen molar-refractivity contribution in [1.82, 2.24) is 24.7 Å². The van der Waals surface area contributed by atoms with Crippen LogP contribution in [-0.2, 0) is 5.54 Å². The van der Waals surface area contributed by atoms with Gasteiger partial charge in [-0.2, -0.15) is 20.6 Å². The molecule has 0 bridgehead atoms. The number of anilines is 2. The summed E-state index contributed by atoms with van der Waals surface area (Å²) in [6, 6.07) is 4.44. The quantitative estimate of drug-likeness (QED) is 0.748. The predicted octanol–water partition coefficient (Wildman–Crippen LogP) is 3.21. The van der Waals surface area contributed by atoms with Gasteiger partial charge in [0.15, 0.2) is 0 Å². The molecule has 130 valence electrons. The standard InChI is InChI=1S/C18H18N8/c1-10-13(8-26(25-10)18(2,3)9-20)22-17-23-15(11-4-5-11)14-12(6-19)7-21-16(14)24-17/h7-8,11H,4-5H2,1-3H3,(H2,21,22,23,24). The Hall–Kier alpha value is -3.39. The van der Waals surface area contributed by atoms with Crippen LogP contribution in [0.3, 0.4) is 0 Å². The first kappa shape index (κ1) is 16.1. The summed E-state index contributed by atoms with van der Waals surface area (Å²) in [6.07, 6.45) is 5.62. The molecular weight excluding hydrogens is 328 g/mol. The average Bonchev–Trinajstić information content (AvgIpc) is 3.29. The summed E-state index contributed by atoms with van der Waals surface area (Å²) in [5.41, 5.74) is 2.92. The maximum absolute atomic E-state index is 9.32. The Bertz CT molecular complexity index is 1090. The Morgan fingerprint density at radius 3 is 2.73 bits per heavy atom. The molecule has 0 aliphatic heterocycles. The van der Waals surface area contributed by atoms with E-state index in [4.69, 9.17) is 0 Å². The van der Waals surface area contributed by atoms with E-state index in [0.717, 1.165) is 35.3 Å². The molecule has 3 aromatic rings. The van der Waals surface area contributed by atoms with Crippen molar-refractivity contribution in [2.24, 2.45) is 0 Å². The number of aryl methyl sites for hydroxylation is 1. The molecule has 3 aromatic heterocycles. The van der Waals surface area contributed by atoms with Crippen LogP contribution in [0.1, 0.15) is 49.6 Å². The SMILES string of the molecule is Cc1nn(C(C)(C)C#N)cc1Nc1nc(C2CC2)c2c(C#N)c[nH]c2n1. The van der Waals surface area contributed by atoms with Gasteiger partial charge in [-0.1, -0.05) is 0 Å². The summed E-state index contributed by atoms with van der Waals surface area (Å²) in [6.45, 7) is 5.48. The van der Waals surface area contributed by atoms with Gasteiger partial charge in [-0.15, -0.1) is 0 Å². The molecule has 0 radical (unpaired) electrons. The smallest absolute Gasteiger partial charge is 0.229 e. The third-order valence-electron chi connectivity index (χ3n) is 4.64. The van der Waals surface area contributed by atoms with E-state index < -0.39 is 5.54 Å². The summed E-state index contributed by atoms with van der Waals surface area (Å²) < 4.78 is 1.63. The summed E-state index contributed by atoms with van der Waals surface area (Å²) in [4.78, 5) is 12.3. The fourth-order valence-corrected chi connectivity index (χ4v) is 2.90. The first-order chi connectivity index (χ1) is 12.4. The maximum atomic E-state index is 9.32. The summed E-state index contributed by atoms with van der Waals surface area (Å²) >= 11 is 0. The zero-order valence-electron chi connectivity index (χ0n) is 14.8. The normalized spacial score (nSPS) is 14.2. The molecule has 0 aromatic carbocycles. The van der Waals surface area contributed by atoms with Gasteiger partial charge in [-0.05, 0) is 33.6 Å². The van der Waals surface area contributed by atoms with Crippen LogP contribution >= 0.6 is 0 Å². The molecule has 0 amide bonds. The fourth-order valence-electron chi connectivity index (χ4n) is 2.90. The van der Waals surface area contributed by atoms with Gasteiger partial charge in [0.1, 0.15) is 17.3 Å². The molecule has 0 spiro atoms. The van der Waals surface area contributed by atoms with Crippen LogP contribution in [0.15, 0.2) is 12.4 Å². The van der Waals surface area contributed by atoms with Gasteiger partial charge in [0.05, 0.1) is 40.3 Å². The molecule has 26 heavy (non-hydrogen) atoms. The highest BCUT2D eigenvalue weighted by molar-refractivity contribution is 5.86. The summed E-state index contributed by atoms with van der Waals surface area (Å²) in [7, 11) is 0. The lowest BCUT2D eigenvalue weighted by Crippen LogP contribution is -2.24. The summed E-state index contributed by atoms with van der Waals surface area (Å²) in [5.74, 6) is 0.841. The van der Waals surface area contributed by atoms with E-state index in [1.54, 1.807) is 30.9 Å². The van der Waals surface area contributed by atoms with E-state index in [-0.39, 0.29) is 0 Å². The van der Waals surface area contributed by atoms with Crippen LogP contribution in [0, 0.1) is 29.6 Å². The minimum absolute atomic E-state index is 0.380. The average molecular weight is 346 g/mol. The van der Waals surface area contributed by atoms with Crippen molar-refractivity contribution in [3.63, 3.8) is 0 Å². The second kappa shape index (κ2) is 5.57. The second-order valence-electron chi connectivity index (χ2n) is 7.11. The predicted molar refractivity (Wildman–Crippen MR) is 95.8 cm³/mol. The molecule has 0 atom stereocenters. The number of aromatic nitrogens is 5. The molecular formula is C18H18N8. The Morgan fingerprint density at radius 1 is 1.31 bits per heavy atom. The summed E-state index contributed by atoms with van der Waals surface area (Å²) in [5, 5.41) is 27.1. The van der Waals surface area contributed by atoms with E-state index in [9.17, 15) is 10.5 Å². The highest BCUT2D eigenvalue weighted by Gasteiger charge is 2.30. The molecule has 2 N–H and O–H groups in total. The Morgan fingerprint density at radius 2 is 2.08 bits per heavy atom. The molecule has 3 heterocycles. The van der Waals surface area contributed by atoms with Gasteiger partial charge < -0.3 is 10.3 Å². The second-order valence-corrected chi connectivity index (χ2v) is 7.11. The lowest BCUT2D eigenvalue weighted by molar-refractivity contribution is 0.416. The highest BCUT2D eigenvalue weighted by atomic mass is 15.3. The van der Waals surface area contributed by atoms with Crippen LogP contribution in [0.25, 0.3) is 11.0 Å². The number of fused-ring (bicyclic) bond motifs is 1. The minimum Gasteiger partial charge on any atom is -0.345 e. The van der Waals surface area contributed by atoms with E-state index in [0.29, 0.717) is 23.1 Å². The maximum Gasteiger partial charge on any atom is 0.229 e. The Labute approximate surface area is 150 Å². The number of aromatic amines is 1. The van der Waals surface area contributed by atoms with Crippen molar-refractivity contribution in [2.45, 2.75) is 45.1 Å². The van der Waals surface area contributed by atoms with Gasteiger partial charge in [-0.25, -0.2) is 4.98 Å². The molecule has 0 unspecified atom stereocenters. The molecule has 4 rings (SSSR count). The number of nitrogens with one attached hydrogen (secondary N) is 2. The number of nitriles is 2. The number of hydrogen-bond acceptors (Lipinski definition) is 6. The topological polar surface area (TPSA) is 119 Å².